The van der Waals surface area contributed by atoms with Crippen molar-refractivity contribution < 1.29 is 17.7 Å². The number of carbonyl (C=O) groups excluding carboxylic acids is 1. The first-order chi connectivity index (χ1) is 16.7. The molecular formula is C23H26N6O4S2. The predicted octanol–water partition coefficient (Wildman–Crippen LogP) is 3.32. The van der Waals surface area contributed by atoms with E-state index < -0.39 is 15.9 Å². The first-order valence-corrected chi connectivity index (χ1v) is 13.6. The largest absolute Gasteiger partial charge is 0.349 e. The predicted molar refractivity (Wildman–Crippen MR) is 131 cm³/mol. The number of nitrogens with one attached hydrogen (secondary N) is 2. The van der Waals surface area contributed by atoms with Crippen LogP contribution >= 0.6 is 11.3 Å². The molecule has 1 aliphatic heterocycles. The molecule has 35 heavy (non-hydrogen) atoms. The number of carbonyl (C=O) groups is 1. The van der Waals surface area contributed by atoms with E-state index in [1.807, 2.05) is 25.1 Å². The highest BCUT2D eigenvalue weighted by molar-refractivity contribution is 7.89. The van der Waals surface area contributed by atoms with Crippen LogP contribution in [-0.2, 0) is 21.4 Å². The van der Waals surface area contributed by atoms with Crippen molar-refractivity contribution in [1.29, 1.82) is 0 Å². The molecule has 0 saturated carbocycles. The molecule has 1 fully saturated rings. The SMILES string of the molecule is Cc1ccc2nc(CNC(=O)C3CCCN(S(=O)(=O)c4cc(-c5noc(C)n5)sc4C)C3)[nH]c2c1. The summed E-state index contributed by atoms with van der Waals surface area (Å²) in [7, 11) is -3.77. The van der Waals surface area contributed by atoms with Gasteiger partial charge >= 0.3 is 0 Å². The fourth-order valence-electron chi connectivity index (χ4n) is 4.32. The van der Waals surface area contributed by atoms with Crippen LogP contribution in [0.1, 0.15) is 35.0 Å². The Balaban J connectivity index is 1.27. The van der Waals surface area contributed by atoms with E-state index in [0.29, 0.717) is 46.7 Å². The summed E-state index contributed by atoms with van der Waals surface area (Å²) in [5.74, 6) is 0.846. The number of rotatable bonds is 6. The molecule has 0 aliphatic carbocycles. The molecule has 1 aliphatic rings. The van der Waals surface area contributed by atoms with Crippen molar-refractivity contribution in [1.82, 2.24) is 29.7 Å². The molecule has 5 rings (SSSR count). The fourth-order valence-corrected chi connectivity index (χ4v) is 7.33. The van der Waals surface area contributed by atoms with Crippen LogP contribution in [-0.4, -0.2) is 51.8 Å². The minimum Gasteiger partial charge on any atom is -0.349 e. The number of amides is 1. The lowest BCUT2D eigenvalue weighted by Crippen LogP contribution is -2.45. The second-order valence-electron chi connectivity index (χ2n) is 8.79. The maximum Gasteiger partial charge on any atom is 0.244 e. The highest BCUT2D eigenvalue weighted by atomic mass is 32.2. The molecule has 2 N–H and O–H groups in total. The maximum absolute atomic E-state index is 13.5. The number of aromatic nitrogens is 4. The lowest BCUT2D eigenvalue weighted by Gasteiger charge is -2.31. The molecule has 1 saturated heterocycles. The molecule has 3 aromatic heterocycles. The lowest BCUT2D eigenvalue weighted by atomic mass is 9.99. The van der Waals surface area contributed by atoms with E-state index >= 15 is 0 Å². The number of hydrogen-bond acceptors (Lipinski definition) is 8. The standard InChI is InChI=1S/C23H26N6O4S2/c1-13-6-7-17-18(9-13)27-21(26-17)11-24-23(30)16-5-4-8-29(12-16)35(31,32)20-10-19(34-14(20)2)22-25-15(3)33-28-22/h6-7,9-10,16H,4-5,8,11-12H2,1-3H3,(H,24,30)(H,26,27). The number of thiophene rings is 1. The van der Waals surface area contributed by atoms with Gasteiger partial charge in [-0.25, -0.2) is 13.4 Å². The monoisotopic (exact) mass is 514 g/mol. The summed E-state index contributed by atoms with van der Waals surface area (Å²) in [4.78, 5) is 26.3. The minimum atomic E-state index is -3.77. The summed E-state index contributed by atoms with van der Waals surface area (Å²) in [6, 6.07) is 7.53. The second-order valence-corrected chi connectivity index (χ2v) is 12.0. The molecule has 0 bridgehead atoms. The van der Waals surface area contributed by atoms with Gasteiger partial charge in [0.2, 0.25) is 27.6 Å². The minimum absolute atomic E-state index is 0.138. The van der Waals surface area contributed by atoms with E-state index in [2.05, 4.69) is 25.4 Å². The van der Waals surface area contributed by atoms with Crippen LogP contribution in [0.25, 0.3) is 21.7 Å². The highest BCUT2D eigenvalue weighted by Crippen LogP contribution is 2.35. The quantitative estimate of drug-likeness (QED) is 0.403. The van der Waals surface area contributed by atoms with E-state index in [4.69, 9.17) is 4.52 Å². The molecule has 184 valence electrons. The van der Waals surface area contributed by atoms with Crippen molar-refractivity contribution >= 4 is 38.3 Å². The number of fused-ring (bicyclic) bond motifs is 1. The van der Waals surface area contributed by atoms with Crippen molar-refractivity contribution in [3.8, 4) is 10.7 Å². The average molecular weight is 515 g/mol. The van der Waals surface area contributed by atoms with Crippen molar-refractivity contribution in [2.45, 2.75) is 45.1 Å². The third-order valence-corrected chi connectivity index (χ3v) is 9.28. The second kappa shape index (κ2) is 9.17. The number of H-pyrrole nitrogens is 1. The Morgan fingerprint density at radius 3 is 2.86 bits per heavy atom. The van der Waals surface area contributed by atoms with E-state index in [1.54, 1.807) is 19.9 Å². The van der Waals surface area contributed by atoms with Crippen LogP contribution in [0.3, 0.4) is 0 Å². The van der Waals surface area contributed by atoms with Gasteiger partial charge in [-0.3, -0.25) is 4.79 Å². The summed E-state index contributed by atoms with van der Waals surface area (Å²) < 4.78 is 33.3. The zero-order chi connectivity index (χ0) is 24.7. The van der Waals surface area contributed by atoms with Gasteiger partial charge in [0.05, 0.1) is 33.3 Å². The summed E-state index contributed by atoms with van der Waals surface area (Å²) in [5.41, 5.74) is 2.89. The van der Waals surface area contributed by atoms with Gasteiger partial charge in [-0.1, -0.05) is 11.2 Å². The number of imidazole rings is 1. The smallest absolute Gasteiger partial charge is 0.244 e. The van der Waals surface area contributed by atoms with Gasteiger partial charge < -0.3 is 14.8 Å². The first kappa shape index (κ1) is 23.6. The van der Waals surface area contributed by atoms with Crippen LogP contribution < -0.4 is 5.32 Å². The van der Waals surface area contributed by atoms with Crippen molar-refractivity contribution in [2.24, 2.45) is 5.92 Å². The van der Waals surface area contributed by atoms with Crippen molar-refractivity contribution in [3.63, 3.8) is 0 Å². The Morgan fingerprint density at radius 1 is 1.26 bits per heavy atom. The van der Waals surface area contributed by atoms with Crippen LogP contribution in [0.15, 0.2) is 33.7 Å². The van der Waals surface area contributed by atoms with E-state index in [-0.39, 0.29) is 23.9 Å². The molecule has 1 amide bonds. The molecular weight excluding hydrogens is 488 g/mol. The number of piperidine rings is 1. The van der Waals surface area contributed by atoms with Crippen molar-refractivity contribution in [2.75, 3.05) is 13.1 Å². The van der Waals surface area contributed by atoms with Gasteiger partial charge in [0, 0.05) is 24.9 Å². The van der Waals surface area contributed by atoms with Crippen LogP contribution in [0.5, 0.6) is 0 Å². The molecule has 4 aromatic rings. The van der Waals surface area contributed by atoms with Crippen LogP contribution in [0, 0.1) is 26.7 Å². The zero-order valence-electron chi connectivity index (χ0n) is 19.7. The molecule has 0 radical (unpaired) electrons. The Morgan fingerprint density at radius 2 is 2.09 bits per heavy atom. The van der Waals surface area contributed by atoms with Gasteiger partial charge in [-0.05, 0) is 50.5 Å². The number of aryl methyl sites for hydroxylation is 3. The van der Waals surface area contributed by atoms with Crippen molar-refractivity contribution in [3.05, 3.63) is 46.4 Å². The Labute approximate surface area is 206 Å². The normalized spacial score (nSPS) is 17.2. The molecule has 1 unspecified atom stereocenters. The van der Waals surface area contributed by atoms with Gasteiger partial charge in [0.25, 0.3) is 0 Å². The third-order valence-electron chi connectivity index (χ3n) is 6.11. The summed E-state index contributed by atoms with van der Waals surface area (Å²) in [6.45, 7) is 6.22. The summed E-state index contributed by atoms with van der Waals surface area (Å²) >= 11 is 1.31. The average Bonchev–Trinajstić information content (AvgIpc) is 3.55. The topological polar surface area (TPSA) is 134 Å². The Bertz CT molecular complexity index is 1500. The molecule has 0 spiro atoms. The molecule has 4 heterocycles. The number of nitrogens with zero attached hydrogens (tertiary/aromatic N) is 4. The van der Waals surface area contributed by atoms with E-state index in [9.17, 15) is 13.2 Å². The molecule has 1 atom stereocenters. The highest BCUT2D eigenvalue weighted by Gasteiger charge is 2.35. The summed E-state index contributed by atoms with van der Waals surface area (Å²) in [6.07, 6.45) is 1.24. The van der Waals surface area contributed by atoms with Gasteiger partial charge in [0.15, 0.2) is 0 Å². The third kappa shape index (κ3) is 4.73. The molecule has 1 aromatic carbocycles. The van der Waals surface area contributed by atoms with Gasteiger partial charge in [0.1, 0.15) is 5.82 Å². The number of aromatic amines is 1. The molecule has 10 nitrogen and oxygen atoms in total. The number of sulfonamides is 1. The van der Waals surface area contributed by atoms with Crippen LogP contribution in [0.4, 0.5) is 0 Å². The first-order valence-electron chi connectivity index (χ1n) is 11.3. The van der Waals surface area contributed by atoms with Gasteiger partial charge in [-0.2, -0.15) is 9.29 Å². The number of hydrogen-bond donors (Lipinski definition) is 2. The summed E-state index contributed by atoms with van der Waals surface area (Å²) in [5, 5.41) is 6.81. The fraction of sp³-hybridized carbons (Fsp3) is 0.391. The zero-order valence-corrected chi connectivity index (χ0v) is 21.3. The van der Waals surface area contributed by atoms with E-state index in [0.717, 1.165) is 16.6 Å². The van der Waals surface area contributed by atoms with E-state index in [1.165, 1.54) is 15.6 Å². The lowest BCUT2D eigenvalue weighted by molar-refractivity contribution is -0.126. The maximum atomic E-state index is 13.5. The Hall–Kier alpha value is -3.09. The van der Waals surface area contributed by atoms with Gasteiger partial charge in [-0.15, -0.1) is 11.3 Å². The van der Waals surface area contributed by atoms with Crippen LogP contribution in [0.2, 0.25) is 0 Å². The number of benzene rings is 1. The molecule has 12 heteroatoms. The Kier molecular flexibility index (Phi) is 6.20.